The first-order valence-corrected chi connectivity index (χ1v) is 4.17. The fraction of sp³-hybridized carbons (Fsp3) is 0.125. The molecule has 0 saturated carbocycles. The van der Waals surface area contributed by atoms with Gasteiger partial charge in [-0.05, 0) is 6.07 Å². The molecule has 0 aliphatic rings. The number of nitro benzene ring substituents is 1. The van der Waals surface area contributed by atoms with E-state index >= 15 is 0 Å². The van der Waals surface area contributed by atoms with Crippen LogP contribution in [0.4, 0.5) is 5.69 Å². The van der Waals surface area contributed by atoms with Gasteiger partial charge in [0.05, 0.1) is 9.95 Å². The van der Waals surface area contributed by atoms with Crippen LogP contribution in [0, 0.1) is 10.1 Å². The summed E-state index contributed by atoms with van der Waals surface area (Å²) < 4.78 is 4.72. The summed E-state index contributed by atoms with van der Waals surface area (Å²) in [5, 5.41) is 18.9. The van der Waals surface area contributed by atoms with Crippen LogP contribution in [-0.2, 0) is 4.79 Å². The van der Waals surface area contributed by atoms with E-state index in [0.29, 0.717) is 0 Å². The van der Waals surface area contributed by atoms with Crippen molar-refractivity contribution in [2.45, 2.75) is 0 Å². The maximum absolute atomic E-state index is 10.5. The third kappa shape index (κ3) is 2.81. The molecule has 80 valence electrons. The average Bonchev–Trinajstić information content (AvgIpc) is 2.15. The molecule has 0 amide bonds. The van der Waals surface area contributed by atoms with Gasteiger partial charge in [-0.15, -0.1) is 0 Å². The number of nitro groups is 1. The third-order valence-electron chi connectivity index (χ3n) is 1.48. The molecule has 6 nitrogen and oxygen atoms in total. The highest BCUT2D eigenvalue weighted by atomic mass is 35.5. The number of benzene rings is 1. The highest BCUT2D eigenvalue weighted by Gasteiger charge is 2.18. The van der Waals surface area contributed by atoms with E-state index in [1.54, 1.807) is 0 Å². The Balaban J connectivity index is 3.02. The van der Waals surface area contributed by atoms with E-state index in [4.69, 9.17) is 21.4 Å². The molecule has 0 spiro atoms. The zero-order valence-electron chi connectivity index (χ0n) is 7.34. The number of rotatable bonds is 4. The summed E-state index contributed by atoms with van der Waals surface area (Å²) in [7, 11) is 0. The molecule has 0 heterocycles. The fourth-order valence-electron chi connectivity index (χ4n) is 0.918. The van der Waals surface area contributed by atoms with Crippen molar-refractivity contribution in [1.29, 1.82) is 0 Å². The predicted octanol–water partition coefficient (Wildman–Crippen LogP) is 1.71. The van der Waals surface area contributed by atoms with Crippen LogP contribution in [0.2, 0.25) is 5.02 Å². The van der Waals surface area contributed by atoms with Gasteiger partial charge in [0.2, 0.25) is 5.75 Å². The molecule has 7 heteroatoms. The standard InChI is InChI=1S/C8H6ClNO5/c9-5-2-1-3-6(10(13)14)8(5)15-4-7(11)12/h1-3H,4H2,(H,11,12). The van der Waals surface area contributed by atoms with Crippen molar-refractivity contribution in [3.8, 4) is 5.75 Å². The maximum Gasteiger partial charge on any atom is 0.341 e. The Kier molecular flexibility index (Phi) is 3.46. The first-order valence-electron chi connectivity index (χ1n) is 3.80. The number of nitrogens with zero attached hydrogens (tertiary/aromatic N) is 1. The Morgan fingerprint density at radius 1 is 1.60 bits per heavy atom. The highest BCUT2D eigenvalue weighted by molar-refractivity contribution is 6.32. The van der Waals surface area contributed by atoms with Crippen LogP contribution in [0.5, 0.6) is 5.75 Å². The lowest BCUT2D eigenvalue weighted by molar-refractivity contribution is -0.385. The molecule has 0 atom stereocenters. The van der Waals surface area contributed by atoms with E-state index in [0.717, 1.165) is 0 Å². The van der Waals surface area contributed by atoms with Crippen LogP contribution in [0.15, 0.2) is 18.2 Å². The van der Waals surface area contributed by atoms with E-state index in [2.05, 4.69) is 0 Å². The lowest BCUT2D eigenvalue weighted by atomic mass is 10.3. The summed E-state index contributed by atoms with van der Waals surface area (Å²) in [5.41, 5.74) is -0.358. The van der Waals surface area contributed by atoms with Crippen molar-refractivity contribution in [1.82, 2.24) is 0 Å². The van der Waals surface area contributed by atoms with Gasteiger partial charge < -0.3 is 9.84 Å². The number of carboxylic acids is 1. The fourth-order valence-corrected chi connectivity index (χ4v) is 1.14. The van der Waals surface area contributed by atoms with Gasteiger partial charge in [-0.3, -0.25) is 10.1 Å². The van der Waals surface area contributed by atoms with Crippen molar-refractivity contribution in [3.63, 3.8) is 0 Å². The highest BCUT2D eigenvalue weighted by Crippen LogP contribution is 2.34. The van der Waals surface area contributed by atoms with Gasteiger partial charge in [0.25, 0.3) is 0 Å². The van der Waals surface area contributed by atoms with Gasteiger partial charge >= 0.3 is 11.7 Å². The van der Waals surface area contributed by atoms with E-state index < -0.39 is 17.5 Å². The van der Waals surface area contributed by atoms with Gasteiger partial charge in [0.1, 0.15) is 0 Å². The first-order chi connectivity index (χ1) is 7.02. The Morgan fingerprint density at radius 2 is 2.27 bits per heavy atom. The van der Waals surface area contributed by atoms with Crippen molar-refractivity contribution in [2.75, 3.05) is 6.61 Å². The monoisotopic (exact) mass is 231 g/mol. The molecular formula is C8H6ClNO5. The van der Waals surface area contributed by atoms with Crippen LogP contribution in [0.3, 0.4) is 0 Å². The number of hydrogen-bond acceptors (Lipinski definition) is 4. The maximum atomic E-state index is 10.5. The summed E-state index contributed by atoms with van der Waals surface area (Å²) in [4.78, 5) is 20.1. The van der Waals surface area contributed by atoms with Gasteiger partial charge in [-0.2, -0.15) is 0 Å². The number of carbonyl (C=O) groups is 1. The summed E-state index contributed by atoms with van der Waals surface area (Å²) >= 11 is 5.63. The number of para-hydroxylation sites is 1. The van der Waals surface area contributed by atoms with Gasteiger partial charge in [0.15, 0.2) is 6.61 Å². The van der Waals surface area contributed by atoms with Crippen molar-refractivity contribution >= 4 is 23.3 Å². The second kappa shape index (κ2) is 4.61. The zero-order chi connectivity index (χ0) is 11.4. The molecule has 0 saturated heterocycles. The van der Waals surface area contributed by atoms with Gasteiger partial charge in [-0.25, -0.2) is 4.79 Å². The first kappa shape index (κ1) is 11.3. The summed E-state index contributed by atoms with van der Waals surface area (Å²) in [6, 6.07) is 3.95. The minimum atomic E-state index is -1.23. The number of hydrogen-bond donors (Lipinski definition) is 1. The van der Waals surface area contributed by atoms with Crippen molar-refractivity contribution in [3.05, 3.63) is 33.3 Å². The van der Waals surface area contributed by atoms with Gasteiger partial charge in [-0.1, -0.05) is 17.7 Å². The molecule has 0 aliphatic carbocycles. The molecule has 1 aromatic carbocycles. The summed E-state index contributed by atoms with van der Waals surface area (Å²) in [5.74, 6) is -1.46. The van der Waals surface area contributed by atoms with E-state index in [-0.39, 0.29) is 16.5 Å². The second-order valence-electron chi connectivity index (χ2n) is 2.53. The molecule has 0 bridgehead atoms. The Bertz CT molecular complexity index is 406. The Morgan fingerprint density at radius 3 is 2.80 bits per heavy atom. The van der Waals surface area contributed by atoms with Crippen LogP contribution < -0.4 is 4.74 Å². The van der Waals surface area contributed by atoms with Crippen molar-refractivity contribution < 1.29 is 19.6 Å². The Labute approximate surface area is 89.2 Å². The van der Waals surface area contributed by atoms with Crippen LogP contribution in [-0.4, -0.2) is 22.6 Å². The summed E-state index contributed by atoms with van der Waals surface area (Å²) in [6.45, 7) is -0.676. The lowest BCUT2D eigenvalue weighted by Gasteiger charge is -2.05. The van der Waals surface area contributed by atoms with E-state index in [1.807, 2.05) is 0 Å². The largest absolute Gasteiger partial charge is 0.479 e. The van der Waals surface area contributed by atoms with Crippen LogP contribution in [0.1, 0.15) is 0 Å². The van der Waals surface area contributed by atoms with Crippen molar-refractivity contribution in [2.24, 2.45) is 0 Å². The second-order valence-corrected chi connectivity index (χ2v) is 2.93. The zero-order valence-corrected chi connectivity index (χ0v) is 8.10. The molecule has 0 fully saturated rings. The molecule has 1 N–H and O–H groups in total. The molecule has 0 unspecified atom stereocenters. The smallest absolute Gasteiger partial charge is 0.341 e. The summed E-state index contributed by atoms with van der Waals surface area (Å²) in [6.07, 6.45) is 0. The number of halogens is 1. The van der Waals surface area contributed by atoms with E-state index in [1.165, 1.54) is 18.2 Å². The number of carboxylic acid groups (broad SMARTS) is 1. The predicted molar refractivity (Wildman–Crippen MR) is 51.2 cm³/mol. The minimum Gasteiger partial charge on any atom is -0.479 e. The average molecular weight is 232 g/mol. The molecular weight excluding hydrogens is 226 g/mol. The molecule has 0 aromatic heterocycles. The minimum absolute atomic E-state index is 0.00505. The topological polar surface area (TPSA) is 89.7 Å². The molecule has 0 radical (unpaired) electrons. The van der Waals surface area contributed by atoms with Crippen LogP contribution in [0.25, 0.3) is 0 Å². The molecule has 1 aromatic rings. The normalized spacial score (nSPS) is 9.67. The van der Waals surface area contributed by atoms with Crippen LogP contribution >= 0.6 is 11.6 Å². The number of ether oxygens (including phenoxy) is 1. The quantitative estimate of drug-likeness (QED) is 0.629. The van der Waals surface area contributed by atoms with E-state index in [9.17, 15) is 14.9 Å². The lowest BCUT2D eigenvalue weighted by Crippen LogP contribution is -2.10. The third-order valence-corrected chi connectivity index (χ3v) is 1.78. The Hall–Kier alpha value is -1.82. The SMILES string of the molecule is O=C(O)COc1c(Cl)cccc1[N+](=O)[O-]. The molecule has 0 aliphatic heterocycles. The van der Waals surface area contributed by atoms with Gasteiger partial charge in [0, 0.05) is 6.07 Å². The molecule has 1 rings (SSSR count). The molecule has 15 heavy (non-hydrogen) atoms. The number of aliphatic carboxylic acids is 1.